The normalized spacial score (nSPS) is 11.9. The van der Waals surface area contributed by atoms with Crippen molar-refractivity contribution in [3.05, 3.63) is 165 Å². The number of benzene rings is 6. The van der Waals surface area contributed by atoms with Crippen LogP contribution in [0.2, 0.25) is 0 Å². The van der Waals surface area contributed by atoms with Crippen LogP contribution in [0.15, 0.2) is 109 Å². The van der Waals surface area contributed by atoms with Gasteiger partial charge in [-0.1, -0.05) is 88.4 Å². The van der Waals surface area contributed by atoms with Crippen molar-refractivity contribution in [3.8, 4) is 34.5 Å². The third-order valence-electron chi connectivity index (χ3n) is 11.6. The number of rotatable bonds is 22. The number of ether oxygens (including phenoxy) is 6. The van der Waals surface area contributed by atoms with Crippen LogP contribution in [0.3, 0.4) is 0 Å². The number of hydrogen-bond donors (Lipinski definition) is 2. The Morgan fingerprint density at radius 2 is 0.700 bits per heavy atom. The van der Waals surface area contributed by atoms with E-state index < -0.39 is 0 Å². The average molecular weight is 988 g/mol. The molecule has 0 unspecified atom stereocenters. The van der Waals surface area contributed by atoms with Crippen molar-refractivity contribution < 1.29 is 38.0 Å². The van der Waals surface area contributed by atoms with E-state index in [9.17, 15) is 9.59 Å². The first-order valence-corrected chi connectivity index (χ1v) is 25.5. The highest BCUT2D eigenvalue weighted by molar-refractivity contribution is 6.17. The van der Waals surface area contributed by atoms with E-state index in [2.05, 4.69) is 74.7 Å². The van der Waals surface area contributed by atoms with Gasteiger partial charge < -0.3 is 39.1 Å². The highest BCUT2D eigenvalue weighted by Crippen LogP contribution is 2.41. The zero-order valence-electron chi connectivity index (χ0n) is 40.7. The van der Waals surface area contributed by atoms with Gasteiger partial charge in [-0.05, 0) is 108 Å². The average Bonchev–Trinajstić information content (AvgIpc) is 3.36. The van der Waals surface area contributed by atoms with Crippen LogP contribution < -0.4 is 39.1 Å². The molecule has 10 nitrogen and oxygen atoms in total. The van der Waals surface area contributed by atoms with Gasteiger partial charge in [0, 0.05) is 71.1 Å². The zero-order valence-corrected chi connectivity index (χ0v) is 42.2. The molecule has 0 aliphatic heterocycles. The lowest BCUT2D eigenvalue weighted by Crippen LogP contribution is -2.20. The third-order valence-corrected chi connectivity index (χ3v) is 12.2. The molecule has 0 spiro atoms. The largest absolute Gasteiger partial charge is 0.493 e. The van der Waals surface area contributed by atoms with Gasteiger partial charge in [0.1, 0.15) is 34.5 Å². The number of amides is 2. The Bertz CT molecular complexity index is 2410. The maximum atomic E-state index is 13.7. The molecule has 0 radical (unpaired) electrons. The van der Waals surface area contributed by atoms with Crippen LogP contribution >= 0.6 is 23.2 Å². The van der Waals surface area contributed by atoms with E-state index in [0.717, 1.165) is 104 Å². The minimum Gasteiger partial charge on any atom is -0.493 e. The van der Waals surface area contributed by atoms with Crippen LogP contribution in [0, 0.1) is 0 Å². The van der Waals surface area contributed by atoms with Crippen LogP contribution in [-0.4, -0.2) is 51.5 Å². The molecule has 2 amide bonds. The summed E-state index contributed by atoms with van der Waals surface area (Å²) in [5.74, 6) is 4.41. The standard InChI is InChI=1S/C58H64Cl2N2O8/c1-5-23-65-55-41-11-9-12-42(55)28-46-32-50(62-54(64)38-70-52-21-17-40(36-60)18-22-52)34-48(58(46)68-26-8-4)30-44-14-10-13-43(56(44)66-24-6-2)29-47-33-49(31-45(27-41)57(47)67-25-7-3)61-53(63)37-69-51-19-15-39(35-59)16-20-51/h9-22,31-34H,5-8,23-30,35-38H2,1-4H3,(H,61,63)(H,62,64). The van der Waals surface area contributed by atoms with Gasteiger partial charge >= 0.3 is 0 Å². The lowest BCUT2D eigenvalue weighted by atomic mass is 9.90. The monoisotopic (exact) mass is 986 g/mol. The maximum Gasteiger partial charge on any atom is 0.262 e. The van der Waals surface area contributed by atoms with Gasteiger partial charge in [0.2, 0.25) is 0 Å². The number of halogens is 2. The highest BCUT2D eigenvalue weighted by Gasteiger charge is 2.24. The Hall–Kier alpha value is -6.36. The molecule has 0 saturated carbocycles. The van der Waals surface area contributed by atoms with E-state index >= 15 is 0 Å². The summed E-state index contributed by atoms with van der Waals surface area (Å²) in [5, 5.41) is 6.28. The van der Waals surface area contributed by atoms with Crippen molar-refractivity contribution in [1.82, 2.24) is 0 Å². The Kier molecular flexibility index (Phi) is 19.1. The van der Waals surface area contributed by atoms with Crippen LogP contribution in [0.4, 0.5) is 11.4 Å². The van der Waals surface area contributed by atoms with E-state index in [0.29, 0.717) is 86.7 Å². The Morgan fingerprint density at radius 3 is 0.971 bits per heavy atom. The molecule has 12 heteroatoms. The molecule has 2 N–H and O–H groups in total. The zero-order chi connectivity index (χ0) is 49.2. The van der Waals surface area contributed by atoms with E-state index in [-0.39, 0.29) is 25.0 Å². The topological polar surface area (TPSA) is 114 Å². The first-order valence-electron chi connectivity index (χ1n) is 24.4. The van der Waals surface area contributed by atoms with Gasteiger partial charge in [-0.3, -0.25) is 9.59 Å². The lowest BCUT2D eigenvalue weighted by Gasteiger charge is -2.24. The quantitative estimate of drug-likeness (QED) is 0.0646. The van der Waals surface area contributed by atoms with Crippen LogP contribution in [0.1, 0.15) is 109 Å². The first kappa shape index (κ1) is 51.5. The second kappa shape index (κ2) is 26.0. The molecule has 368 valence electrons. The molecule has 7 rings (SSSR count). The van der Waals surface area contributed by atoms with Crippen molar-refractivity contribution >= 4 is 46.4 Å². The molecule has 0 heterocycles. The fourth-order valence-corrected chi connectivity index (χ4v) is 8.79. The van der Waals surface area contributed by atoms with Gasteiger partial charge in [0.25, 0.3) is 11.8 Å². The minimum atomic E-state index is -0.298. The molecule has 6 aromatic carbocycles. The second-order valence-corrected chi connectivity index (χ2v) is 17.9. The van der Waals surface area contributed by atoms with Crippen molar-refractivity contribution in [2.75, 3.05) is 50.3 Å². The summed E-state index contributed by atoms with van der Waals surface area (Å²) in [4.78, 5) is 27.3. The number of carbonyl (C=O) groups is 2. The van der Waals surface area contributed by atoms with Crippen molar-refractivity contribution in [2.24, 2.45) is 0 Å². The van der Waals surface area contributed by atoms with Crippen LogP contribution in [0.5, 0.6) is 34.5 Å². The Balaban J connectivity index is 1.35. The number of para-hydroxylation sites is 2. The SMILES string of the molecule is CCCOc1c2cccc1Cc1cc(NC(=O)COc3ccc(CCl)cc3)cc(c1OCCC)Cc1cccc(c1OCCC)Cc1cc(NC(=O)COc3ccc(CCl)cc3)cc(c1OCCC)C2. The number of fused-ring (bicyclic) bond motifs is 8. The molecular formula is C58H64Cl2N2O8. The van der Waals surface area contributed by atoms with Crippen LogP contribution in [0.25, 0.3) is 0 Å². The fourth-order valence-electron chi connectivity index (χ4n) is 8.43. The van der Waals surface area contributed by atoms with Crippen molar-refractivity contribution in [1.29, 1.82) is 0 Å². The molecule has 70 heavy (non-hydrogen) atoms. The Morgan fingerprint density at radius 1 is 0.414 bits per heavy atom. The summed E-state index contributed by atoms with van der Waals surface area (Å²) < 4.78 is 38.7. The summed E-state index contributed by atoms with van der Waals surface area (Å²) in [6, 6.07) is 35.3. The van der Waals surface area contributed by atoms with Crippen molar-refractivity contribution in [2.45, 2.75) is 90.8 Å². The molecule has 8 bridgehead atoms. The second-order valence-electron chi connectivity index (χ2n) is 17.4. The minimum absolute atomic E-state index is 0.180. The summed E-state index contributed by atoms with van der Waals surface area (Å²) in [5.41, 5.74) is 10.6. The van der Waals surface area contributed by atoms with E-state index in [4.69, 9.17) is 51.6 Å². The predicted octanol–water partition coefficient (Wildman–Crippen LogP) is 13.0. The van der Waals surface area contributed by atoms with Gasteiger partial charge in [0.15, 0.2) is 13.2 Å². The molecular weight excluding hydrogens is 924 g/mol. The summed E-state index contributed by atoms with van der Waals surface area (Å²) >= 11 is 12.0. The van der Waals surface area contributed by atoms with Gasteiger partial charge in [0.05, 0.1) is 26.4 Å². The van der Waals surface area contributed by atoms with Crippen LogP contribution in [-0.2, 0) is 47.0 Å². The Labute approximate surface area is 422 Å². The predicted molar refractivity (Wildman–Crippen MR) is 280 cm³/mol. The molecule has 0 saturated heterocycles. The number of carbonyl (C=O) groups excluding carboxylic acids is 2. The molecule has 1 aliphatic rings. The molecule has 0 aromatic heterocycles. The summed E-state index contributed by atoms with van der Waals surface area (Å²) in [6.07, 6.45) is 5.00. The molecule has 6 aromatic rings. The summed E-state index contributed by atoms with van der Waals surface area (Å²) in [7, 11) is 0. The molecule has 1 aliphatic carbocycles. The number of nitrogens with one attached hydrogen (secondary N) is 2. The first-order chi connectivity index (χ1) is 34.2. The van der Waals surface area contributed by atoms with Gasteiger partial charge in [-0.2, -0.15) is 0 Å². The molecule has 0 atom stereocenters. The third kappa shape index (κ3) is 13.9. The fraction of sp³-hybridized carbons (Fsp3) is 0.345. The number of alkyl halides is 2. The van der Waals surface area contributed by atoms with Gasteiger partial charge in [-0.25, -0.2) is 0 Å². The maximum absolute atomic E-state index is 13.7. The van der Waals surface area contributed by atoms with Gasteiger partial charge in [-0.15, -0.1) is 23.2 Å². The number of anilines is 2. The van der Waals surface area contributed by atoms with E-state index in [1.807, 2.05) is 72.8 Å². The van der Waals surface area contributed by atoms with Crippen molar-refractivity contribution in [3.63, 3.8) is 0 Å². The lowest BCUT2D eigenvalue weighted by molar-refractivity contribution is -0.118. The molecule has 0 fully saturated rings. The van der Waals surface area contributed by atoms with E-state index in [1.54, 1.807) is 0 Å². The summed E-state index contributed by atoms with van der Waals surface area (Å²) in [6.45, 7) is 10.0. The highest BCUT2D eigenvalue weighted by atomic mass is 35.5. The number of hydrogen-bond acceptors (Lipinski definition) is 8. The van der Waals surface area contributed by atoms with E-state index in [1.165, 1.54) is 0 Å². The smallest absolute Gasteiger partial charge is 0.262 e.